The zero-order valence-electron chi connectivity index (χ0n) is 53.5. The Morgan fingerprint density at radius 1 is 0.325 bits per heavy atom. The smallest absolute Gasteiger partial charge is 0.462 e. The van der Waals surface area contributed by atoms with Crippen molar-refractivity contribution in [3.63, 3.8) is 0 Å². The van der Waals surface area contributed by atoms with Gasteiger partial charge in [-0.3, -0.25) is 37.3 Å². The number of phosphoric ester groups is 2. The number of rotatable bonds is 63. The molecule has 0 fully saturated rings. The Bertz CT molecular complexity index is 1630. The van der Waals surface area contributed by atoms with Gasteiger partial charge in [0.25, 0.3) is 0 Å². The standard InChI is InChI=1S/C64H124O17P2/c1-7-9-11-13-15-17-23-27-34-40-46-61(66)74-52-59(80-64(69)49-43-37-29-25-21-19-20-22-26-32-38-44-56(3)4)54-78-82(70,71)76-50-58(65)51-77-83(72,73)79-55-60(53-75-62(67)47-41-35-31-30-33-39-45-57(5)6)81-63(68)48-42-36-28-24-18-16-14-12-10-8-2/h56-60,65H,7-55H2,1-6H3,(H,70,71)(H,72,73)/t58-,59-,60-/m1/s1. The maximum atomic E-state index is 13.0. The van der Waals surface area contributed by atoms with Gasteiger partial charge in [-0.15, -0.1) is 0 Å². The Kier molecular flexibility index (Phi) is 55.2. The van der Waals surface area contributed by atoms with Crippen LogP contribution in [0, 0.1) is 11.8 Å². The van der Waals surface area contributed by atoms with Gasteiger partial charge in [0, 0.05) is 25.7 Å². The molecule has 0 saturated carbocycles. The van der Waals surface area contributed by atoms with Gasteiger partial charge in [0.2, 0.25) is 0 Å². The maximum Gasteiger partial charge on any atom is 0.472 e. The average molecular weight is 1230 g/mol. The van der Waals surface area contributed by atoms with E-state index in [0.29, 0.717) is 31.6 Å². The van der Waals surface area contributed by atoms with Gasteiger partial charge >= 0.3 is 39.5 Å². The van der Waals surface area contributed by atoms with Crippen LogP contribution in [0.25, 0.3) is 0 Å². The van der Waals surface area contributed by atoms with Crippen molar-refractivity contribution in [2.75, 3.05) is 39.6 Å². The fourth-order valence-electron chi connectivity index (χ4n) is 9.53. The molecule has 83 heavy (non-hydrogen) atoms. The fourth-order valence-corrected chi connectivity index (χ4v) is 11.1. The molecule has 0 amide bonds. The van der Waals surface area contributed by atoms with E-state index in [1.165, 1.54) is 128 Å². The molecule has 492 valence electrons. The van der Waals surface area contributed by atoms with Crippen molar-refractivity contribution in [3.05, 3.63) is 0 Å². The van der Waals surface area contributed by atoms with Gasteiger partial charge in [-0.05, 0) is 37.5 Å². The minimum Gasteiger partial charge on any atom is -0.462 e. The Hall–Kier alpha value is -1.94. The highest BCUT2D eigenvalue weighted by Crippen LogP contribution is 2.45. The third kappa shape index (κ3) is 58.8. The largest absolute Gasteiger partial charge is 0.472 e. The summed E-state index contributed by atoms with van der Waals surface area (Å²) in [7, 11) is -9.88. The van der Waals surface area contributed by atoms with Crippen molar-refractivity contribution >= 4 is 39.5 Å². The van der Waals surface area contributed by atoms with Gasteiger partial charge < -0.3 is 33.8 Å². The third-order valence-corrected chi connectivity index (χ3v) is 16.6. The number of phosphoric acid groups is 2. The highest BCUT2D eigenvalue weighted by Gasteiger charge is 2.30. The summed E-state index contributed by atoms with van der Waals surface area (Å²) in [5, 5.41) is 10.5. The van der Waals surface area contributed by atoms with E-state index in [1.807, 2.05) is 0 Å². The van der Waals surface area contributed by atoms with Crippen LogP contribution in [0.15, 0.2) is 0 Å². The number of aliphatic hydroxyl groups excluding tert-OH is 1. The summed E-state index contributed by atoms with van der Waals surface area (Å²) in [4.78, 5) is 72.1. The van der Waals surface area contributed by atoms with Crippen molar-refractivity contribution in [1.29, 1.82) is 0 Å². The fraction of sp³-hybridized carbons (Fsp3) is 0.938. The molecule has 17 nitrogen and oxygen atoms in total. The van der Waals surface area contributed by atoms with Gasteiger partial charge in [0.1, 0.15) is 19.3 Å². The second kappa shape index (κ2) is 56.6. The molecular formula is C64H124O17P2. The first-order valence-electron chi connectivity index (χ1n) is 33.5. The molecule has 3 N–H and O–H groups in total. The number of esters is 4. The van der Waals surface area contributed by atoms with E-state index >= 15 is 0 Å². The minimum absolute atomic E-state index is 0.105. The SMILES string of the molecule is CCCCCCCCCCCCC(=O)OC[C@H](COP(=O)(O)OC[C@@H](O)COP(=O)(O)OC[C@@H](COC(=O)CCCCCCCCC(C)C)OC(=O)CCCCCCCCCCCC)OC(=O)CCCCCCCCCCCCCC(C)C. The van der Waals surface area contributed by atoms with Gasteiger partial charge in [0.05, 0.1) is 26.4 Å². The van der Waals surface area contributed by atoms with Crippen LogP contribution >= 0.6 is 15.6 Å². The van der Waals surface area contributed by atoms with E-state index in [-0.39, 0.29) is 25.7 Å². The summed E-state index contributed by atoms with van der Waals surface area (Å²) in [5.41, 5.74) is 0. The number of hydrogen-bond donors (Lipinski definition) is 3. The summed E-state index contributed by atoms with van der Waals surface area (Å²) in [6, 6.07) is 0. The van der Waals surface area contributed by atoms with E-state index in [9.17, 15) is 43.2 Å². The second-order valence-corrected chi connectivity index (χ2v) is 27.0. The van der Waals surface area contributed by atoms with Crippen molar-refractivity contribution in [2.24, 2.45) is 11.8 Å². The van der Waals surface area contributed by atoms with Gasteiger partial charge in [0.15, 0.2) is 12.2 Å². The summed E-state index contributed by atoms with van der Waals surface area (Å²) >= 11 is 0. The number of hydrogen-bond acceptors (Lipinski definition) is 15. The van der Waals surface area contributed by atoms with E-state index in [0.717, 1.165) is 102 Å². The average Bonchev–Trinajstić information content (AvgIpc) is 3.47. The Labute approximate surface area is 505 Å². The number of ether oxygens (including phenoxy) is 4. The lowest BCUT2D eigenvalue weighted by molar-refractivity contribution is -0.161. The molecule has 0 heterocycles. The van der Waals surface area contributed by atoms with Crippen LogP contribution in [0.4, 0.5) is 0 Å². The molecule has 0 saturated heterocycles. The number of carbonyl (C=O) groups is 4. The highest BCUT2D eigenvalue weighted by molar-refractivity contribution is 7.47. The molecule has 2 unspecified atom stereocenters. The van der Waals surface area contributed by atoms with Crippen LogP contribution in [0.5, 0.6) is 0 Å². The second-order valence-electron chi connectivity index (χ2n) is 24.1. The molecule has 0 aliphatic carbocycles. The molecule has 0 aromatic heterocycles. The first kappa shape index (κ1) is 81.1. The van der Waals surface area contributed by atoms with Crippen molar-refractivity contribution in [2.45, 2.75) is 336 Å². The van der Waals surface area contributed by atoms with E-state index < -0.39 is 97.5 Å². The predicted molar refractivity (Wildman–Crippen MR) is 331 cm³/mol. The summed E-state index contributed by atoms with van der Waals surface area (Å²) in [5.74, 6) is -0.690. The highest BCUT2D eigenvalue weighted by atomic mass is 31.2. The van der Waals surface area contributed by atoms with Gasteiger partial charge in [-0.25, -0.2) is 9.13 Å². The summed E-state index contributed by atoms with van der Waals surface area (Å²) in [6.45, 7) is 9.40. The predicted octanol–water partition coefficient (Wildman–Crippen LogP) is 17.7. The molecule has 19 heteroatoms. The molecular weight excluding hydrogens is 1100 g/mol. The molecule has 0 aliphatic rings. The normalized spacial score (nSPS) is 14.3. The first-order valence-corrected chi connectivity index (χ1v) is 36.5. The van der Waals surface area contributed by atoms with E-state index in [1.54, 1.807) is 0 Å². The number of unbranched alkanes of at least 4 members (excludes halogenated alkanes) is 33. The molecule has 5 atom stereocenters. The Morgan fingerprint density at radius 2 is 0.554 bits per heavy atom. The topological polar surface area (TPSA) is 237 Å². The molecule has 0 aliphatic heterocycles. The van der Waals surface area contributed by atoms with Crippen LogP contribution in [0.1, 0.15) is 318 Å². The quantitative estimate of drug-likeness (QED) is 0.0222. The molecule has 0 spiro atoms. The number of carbonyl (C=O) groups excluding carboxylic acids is 4. The van der Waals surface area contributed by atoms with Gasteiger partial charge in [-0.1, -0.05) is 266 Å². The van der Waals surface area contributed by atoms with Crippen LogP contribution < -0.4 is 0 Å². The molecule has 0 aromatic rings. The lowest BCUT2D eigenvalue weighted by Crippen LogP contribution is -2.30. The Morgan fingerprint density at radius 3 is 0.819 bits per heavy atom. The number of aliphatic hydroxyl groups is 1. The lowest BCUT2D eigenvalue weighted by atomic mass is 10.0. The molecule has 0 rings (SSSR count). The van der Waals surface area contributed by atoms with Crippen molar-refractivity contribution < 1.29 is 80.2 Å². The van der Waals surface area contributed by atoms with Crippen LogP contribution in [-0.4, -0.2) is 96.7 Å². The monoisotopic (exact) mass is 1230 g/mol. The zero-order valence-corrected chi connectivity index (χ0v) is 55.3. The van der Waals surface area contributed by atoms with Gasteiger partial charge in [-0.2, -0.15) is 0 Å². The van der Waals surface area contributed by atoms with Crippen LogP contribution in [0.3, 0.4) is 0 Å². The molecule has 0 aromatic carbocycles. The van der Waals surface area contributed by atoms with Crippen LogP contribution in [-0.2, 0) is 65.4 Å². The summed E-state index contributed by atoms with van der Waals surface area (Å²) < 4.78 is 67.9. The molecule has 0 bridgehead atoms. The third-order valence-electron chi connectivity index (χ3n) is 14.7. The van der Waals surface area contributed by atoms with Crippen LogP contribution in [0.2, 0.25) is 0 Å². The molecule has 0 radical (unpaired) electrons. The minimum atomic E-state index is -4.94. The van der Waals surface area contributed by atoms with E-state index in [4.69, 9.17) is 37.0 Å². The van der Waals surface area contributed by atoms with Crippen molar-refractivity contribution in [1.82, 2.24) is 0 Å². The summed E-state index contributed by atoms with van der Waals surface area (Å²) in [6.07, 6.45) is 39.0. The van der Waals surface area contributed by atoms with E-state index in [2.05, 4.69) is 41.5 Å². The zero-order chi connectivity index (χ0) is 61.5. The maximum absolute atomic E-state index is 13.0. The first-order chi connectivity index (χ1) is 39.9. The van der Waals surface area contributed by atoms with Crippen molar-refractivity contribution in [3.8, 4) is 0 Å². The Balaban J connectivity index is 5.23. The lowest BCUT2D eigenvalue weighted by Gasteiger charge is -2.21.